The second kappa shape index (κ2) is 8.94. The zero-order valence-electron chi connectivity index (χ0n) is 14.6. The van der Waals surface area contributed by atoms with Crippen molar-refractivity contribution in [2.24, 2.45) is 10.7 Å². The van der Waals surface area contributed by atoms with Crippen molar-refractivity contribution >= 4 is 35.6 Å². The second-order valence-electron chi connectivity index (χ2n) is 6.14. The molecule has 0 spiro atoms. The molecule has 0 fully saturated rings. The number of rotatable bonds is 4. The van der Waals surface area contributed by atoms with Crippen molar-refractivity contribution in [1.82, 2.24) is 5.32 Å². The largest absolute Gasteiger partial charge is 0.493 e. The Balaban J connectivity index is 0.00000225. The maximum absolute atomic E-state index is 6.10. The third-order valence-electron chi connectivity index (χ3n) is 4.14. The summed E-state index contributed by atoms with van der Waals surface area (Å²) in [6.45, 7) is 1.25. The molecule has 0 radical (unpaired) electrons. The summed E-state index contributed by atoms with van der Waals surface area (Å²) in [6.07, 6.45) is 0.878. The molecule has 1 unspecified atom stereocenters. The molecule has 5 nitrogen and oxygen atoms in total. The number of fused-ring (bicyclic) bond motifs is 1. The van der Waals surface area contributed by atoms with Gasteiger partial charge in [0.2, 0.25) is 0 Å². The molecule has 0 aliphatic carbocycles. The van der Waals surface area contributed by atoms with Crippen LogP contribution >= 0.6 is 24.0 Å². The Kier molecular flexibility index (Phi) is 6.92. The fourth-order valence-corrected chi connectivity index (χ4v) is 2.83. The van der Waals surface area contributed by atoms with E-state index in [0.717, 1.165) is 29.0 Å². The fourth-order valence-electron chi connectivity index (χ4n) is 2.83. The van der Waals surface area contributed by atoms with Crippen molar-refractivity contribution in [3.63, 3.8) is 0 Å². The van der Waals surface area contributed by atoms with Crippen molar-refractivity contribution in [3.05, 3.63) is 59.7 Å². The highest BCUT2D eigenvalue weighted by Gasteiger charge is 2.21. The molecule has 0 saturated heterocycles. The monoisotopic (exact) mass is 452 g/mol. The molecule has 0 amide bonds. The predicted octanol–water partition coefficient (Wildman–Crippen LogP) is 3.30. The quantitative estimate of drug-likeness (QED) is 0.425. The number of nitrogens with two attached hydrogens (primary N) is 1. The van der Waals surface area contributed by atoms with Gasteiger partial charge in [-0.2, -0.15) is 0 Å². The topological polar surface area (TPSA) is 62.9 Å². The van der Waals surface area contributed by atoms with Crippen molar-refractivity contribution in [1.29, 1.82) is 0 Å². The standard InChI is InChI=1S/C19H24N4O.HI/c1-23(2)15-7-5-6-14(12-15)13-21-19(20)22-17-10-11-24-18-9-4-3-8-16(17)18;/h3-9,12,17H,10-11,13H2,1-2H3,(H3,20,21,22);1H. The van der Waals surface area contributed by atoms with E-state index in [1.54, 1.807) is 0 Å². The van der Waals surface area contributed by atoms with Crippen LogP contribution in [0.3, 0.4) is 0 Å². The van der Waals surface area contributed by atoms with Crippen LogP contribution in [-0.2, 0) is 6.54 Å². The van der Waals surface area contributed by atoms with E-state index >= 15 is 0 Å². The van der Waals surface area contributed by atoms with Gasteiger partial charge in [-0.15, -0.1) is 24.0 Å². The lowest BCUT2D eigenvalue weighted by atomic mass is 10.0. The number of benzene rings is 2. The van der Waals surface area contributed by atoms with E-state index in [1.165, 1.54) is 0 Å². The molecule has 0 bridgehead atoms. The summed E-state index contributed by atoms with van der Waals surface area (Å²) in [5.41, 5.74) is 9.53. The molecule has 0 saturated carbocycles. The van der Waals surface area contributed by atoms with E-state index in [1.807, 2.05) is 38.4 Å². The maximum Gasteiger partial charge on any atom is 0.189 e. The van der Waals surface area contributed by atoms with Gasteiger partial charge in [-0.05, 0) is 23.8 Å². The predicted molar refractivity (Wildman–Crippen MR) is 114 cm³/mol. The van der Waals surface area contributed by atoms with Crippen molar-refractivity contribution < 1.29 is 4.74 Å². The Labute approximate surface area is 166 Å². The molecule has 3 N–H and O–H groups in total. The Bertz CT molecular complexity index is 733. The molecule has 1 heterocycles. The highest BCUT2D eigenvalue weighted by atomic mass is 127. The first-order valence-corrected chi connectivity index (χ1v) is 8.18. The van der Waals surface area contributed by atoms with E-state index in [0.29, 0.717) is 19.1 Å². The molecule has 2 aromatic rings. The Morgan fingerprint density at radius 3 is 2.84 bits per heavy atom. The van der Waals surface area contributed by atoms with Gasteiger partial charge < -0.3 is 20.7 Å². The van der Waals surface area contributed by atoms with Crippen LogP contribution in [0.15, 0.2) is 53.5 Å². The van der Waals surface area contributed by atoms with Gasteiger partial charge in [0.15, 0.2) is 5.96 Å². The number of para-hydroxylation sites is 1. The fraction of sp³-hybridized carbons (Fsp3) is 0.316. The van der Waals surface area contributed by atoms with Gasteiger partial charge in [0.25, 0.3) is 0 Å². The molecule has 2 aromatic carbocycles. The summed E-state index contributed by atoms with van der Waals surface area (Å²) < 4.78 is 5.67. The van der Waals surface area contributed by atoms with Gasteiger partial charge in [0.05, 0.1) is 19.2 Å². The van der Waals surface area contributed by atoms with E-state index in [9.17, 15) is 0 Å². The molecule has 0 aromatic heterocycles. The summed E-state index contributed by atoms with van der Waals surface area (Å²) >= 11 is 0. The van der Waals surface area contributed by atoms with Gasteiger partial charge in [0, 0.05) is 31.8 Å². The summed E-state index contributed by atoms with van der Waals surface area (Å²) in [5.74, 6) is 1.39. The van der Waals surface area contributed by atoms with E-state index in [4.69, 9.17) is 10.5 Å². The van der Waals surface area contributed by atoms with Crippen LogP contribution in [0.5, 0.6) is 5.75 Å². The van der Waals surface area contributed by atoms with Crippen LogP contribution < -0.4 is 20.7 Å². The SMILES string of the molecule is CN(C)c1cccc(CN=C(N)NC2CCOc3ccccc32)c1.I. The molecule has 3 rings (SSSR count). The van der Waals surface area contributed by atoms with Crippen molar-refractivity contribution in [2.45, 2.75) is 19.0 Å². The highest BCUT2D eigenvalue weighted by Crippen LogP contribution is 2.31. The highest BCUT2D eigenvalue weighted by molar-refractivity contribution is 14.0. The summed E-state index contributed by atoms with van der Waals surface area (Å²) in [6, 6.07) is 16.5. The van der Waals surface area contributed by atoms with E-state index < -0.39 is 0 Å². The zero-order valence-corrected chi connectivity index (χ0v) is 16.9. The van der Waals surface area contributed by atoms with Gasteiger partial charge in [-0.3, -0.25) is 0 Å². The number of guanidine groups is 1. The summed E-state index contributed by atoms with van der Waals surface area (Å²) in [7, 11) is 4.06. The first kappa shape index (κ1) is 19.4. The van der Waals surface area contributed by atoms with Crippen molar-refractivity contribution in [2.75, 3.05) is 25.6 Å². The number of hydrogen-bond donors (Lipinski definition) is 2. The Hall–Kier alpha value is -1.96. The first-order chi connectivity index (χ1) is 11.6. The molecule has 1 atom stereocenters. The normalized spacial score (nSPS) is 16.2. The van der Waals surface area contributed by atoms with Crippen molar-refractivity contribution in [3.8, 4) is 5.75 Å². The van der Waals surface area contributed by atoms with Gasteiger partial charge in [-0.1, -0.05) is 30.3 Å². The molecular formula is C19H25IN4O. The number of hydrogen-bond acceptors (Lipinski definition) is 3. The number of aliphatic imine (C=N–C) groups is 1. The maximum atomic E-state index is 6.10. The second-order valence-corrected chi connectivity index (χ2v) is 6.14. The number of nitrogens with one attached hydrogen (secondary N) is 1. The Morgan fingerprint density at radius 1 is 1.24 bits per heavy atom. The van der Waals surface area contributed by atoms with Gasteiger partial charge in [-0.25, -0.2) is 4.99 Å². The van der Waals surface area contributed by atoms with Crippen LogP contribution in [0.1, 0.15) is 23.6 Å². The van der Waals surface area contributed by atoms with E-state index in [-0.39, 0.29) is 30.0 Å². The lowest BCUT2D eigenvalue weighted by Gasteiger charge is -2.26. The number of halogens is 1. The smallest absolute Gasteiger partial charge is 0.189 e. The number of ether oxygens (including phenoxy) is 1. The first-order valence-electron chi connectivity index (χ1n) is 8.18. The Morgan fingerprint density at radius 2 is 2.04 bits per heavy atom. The summed E-state index contributed by atoms with van der Waals surface area (Å²) in [5, 5.41) is 3.32. The minimum atomic E-state index is 0. The van der Waals surface area contributed by atoms with Crippen LogP contribution in [0.25, 0.3) is 0 Å². The average Bonchev–Trinajstić information content (AvgIpc) is 2.60. The van der Waals surface area contributed by atoms with Crippen LogP contribution in [0.2, 0.25) is 0 Å². The van der Waals surface area contributed by atoms with Crippen LogP contribution in [-0.4, -0.2) is 26.7 Å². The van der Waals surface area contributed by atoms with E-state index in [2.05, 4.69) is 39.5 Å². The van der Waals surface area contributed by atoms with Gasteiger partial charge in [0.1, 0.15) is 5.75 Å². The molecule has 134 valence electrons. The number of nitrogens with zero attached hydrogens (tertiary/aromatic N) is 2. The zero-order chi connectivity index (χ0) is 16.9. The van der Waals surface area contributed by atoms with Crippen LogP contribution in [0, 0.1) is 0 Å². The summed E-state index contributed by atoms with van der Waals surface area (Å²) in [4.78, 5) is 6.56. The lowest BCUT2D eigenvalue weighted by Crippen LogP contribution is -2.37. The molecular weight excluding hydrogens is 427 g/mol. The molecule has 1 aliphatic heterocycles. The van der Waals surface area contributed by atoms with Crippen LogP contribution in [0.4, 0.5) is 5.69 Å². The minimum Gasteiger partial charge on any atom is -0.493 e. The number of anilines is 1. The van der Waals surface area contributed by atoms with Gasteiger partial charge >= 0.3 is 0 Å². The minimum absolute atomic E-state index is 0. The average molecular weight is 452 g/mol. The molecule has 25 heavy (non-hydrogen) atoms. The third-order valence-corrected chi connectivity index (χ3v) is 4.14. The lowest BCUT2D eigenvalue weighted by molar-refractivity contribution is 0.262. The molecule has 1 aliphatic rings. The molecule has 6 heteroatoms. The third kappa shape index (κ3) is 5.01.